The van der Waals surface area contributed by atoms with Crippen molar-refractivity contribution in [2.45, 2.75) is 13.0 Å². The van der Waals surface area contributed by atoms with Gasteiger partial charge < -0.3 is 10.3 Å². The molecule has 0 saturated heterocycles. The minimum absolute atomic E-state index is 0.589. The van der Waals surface area contributed by atoms with E-state index in [-0.39, 0.29) is 0 Å². The van der Waals surface area contributed by atoms with Crippen molar-refractivity contribution in [1.82, 2.24) is 9.97 Å². The molecular formula is C13H15N5. The summed E-state index contributed by atoms with van der Waals surface area (Å²) in [7, 11) is 0. The summed E-state index contributed by atoms with van der Waals surface area (Å²) in [5.74, 6) is 6.80. The second kappa shape index (κ2) is 4.62. The average molecular weight is 241 g/mol. The van der Waals surface area contributed by atoms with Gasteiger partial charge in [-0.25, -0.2) is 10.8 Å². The van der Waals surface area contributed by atoms with Crippen LogP contribution in [0.2, 0.25) is 0 Å². The lowest BCUT2D eigenvalue weighted by atomic mass is 10.0. The molecule has 5 heteroatoms. The van der Waals surface area contributed by atoms with Crippen molar-refractivity contribution in [3.63, 3.8) is 0 Å². The number of hydrogen-bond acceptors (Lipinski definition) is 5. The van der Waals surface area contributed by atoms with E-state index in [4.69, 9.17) is 5.84 Å². The van der Waals surface area contributed by atoms with Crippen LogP contribution in [-0.4, -0.2) is 16.5 Å². The lowest BCUT2D eigenvalue weighted by Crippen LogP contribution is -2.31. The van der Waals surface area contributed by atoms with Gasteiger partial charge in [0.25, 0.3) is 0 Å². The minimum atomic E-state index is 0.589. The number of benzene rings is 1. The van der Waals surface area contributed by atoms with Crippen LogP contribution in [0.5, 0.6) is 0 Å². The summed E-state index contributed by atoms with van der Waals surface area (Å²) in [5.41, 5.74) is 5.31. The number of nitrogens with zero attached hydrogens (tertiary/aromatic N) is 3. The van der Waals surface area contributed by atoms with Gasteiger partial charge >= 0.3 is 0 Å². The van der Waals surface area contributed by atoms with Crippen molar-refractivity contribution in [1.29, 1.82) is 0 Å². The molecule has 0 aliphatic carbocycles. The van der Waals surface area contributed by atoms with Crippen molar-refractivity contribution < 1.29 is 0 Å². The predicted octanol–water partition coefficient (Wildman–Crippen LogP) is 1.32. The van der Waals surface area contributed by atoms with Gasteiger partial charge in [-0.05, 0) is 17.5 Å². The third kappa shape index (κ3) is 2.00. The van der Waals surface area contributed by atoms with Crippen LogP contribution in [0.15, 0.2) is 36.7 Å². The summed E-state index contributed by atoms with van der Waals surface area (Å²) in [5, 5.41) is 0. The van der Waals surface area contributed by atoms with Crippen molar-refractivity contribution in [3.8, 4) is 0 Å². The Morgan fingerprint density at radius 2 is 2.00 bits per heavy atom. The van der Waals surface area contributed by atoms with Gasteiger partial charge in [0.2, 0.25) is 0 Å². The van der Waals surface area contributed by atoms with Crippen LogP contribution < -0.4 is 16.2 Å². The minimum Gasteiger partial charge on any atom is -0.351 e. The number of fused-ring (bicyclic) bond motifs is 1. The monoisotopic (exact) mass is 241 g/mol. The summed E-state index contributed by atoms with van der Waals surface area (Å²) in [6, 6.07) is 8.52. The van der Waals surface area contributed by atoms with Gasteiger partial charge in [0.15, 0.2) is 5.82 Å². The van der Waals surface area contributed by atoms with E-state index in [9.17, 15) is 0 Å². The Hall–Kier alpha value is -2.14. The summed E-state index contributed by atoms with van der Waals surface area (Å²) >= 11 is 0. The van der Waals surface area contributed by atoms with Crippen LogP contribution in [0.4, 0.5) is 11.6 Å². The van der Waals surface area contributed by atoms with Crippen LogP contribution in [0.1, 0.15) is 11.1 Å². The molecule has 1 aromatic heterocycles. The molecule has 1 aromatic carbocycles. The number of hydrogen-bond donors (Lipinski definition) is 2. The second-order valence-corrected chi connectivity index (χ2v) is 4.35. The topological polar surface area (TPSA) is 67.1 Å². The maximum absolute atomic E-state index is 5.35. The number of hydrazine groups is 1. The van der Waals surface area contributed by atoms with Crippen LogP contribution in [0.3, 0.4) is 0 Å². The second-order valence-electron chi connectivity index (χ2n) is 4.35. The van der Waals surface area contributed by atoms with Crippen molar-refractivity contribution in [2.24, 2.45) is 5.84 Å². The predicted molar refractivity (Wildman–Crippen MR) is 71.0 cm³/mol. The zero-order chi connectivity index (χ0) is 12.4. The number of nitrogens with one attached hydrogen (secondary N) is 1. The van der Waals surface area contributed by atoms with Gasteiger partial charge in [-0.2, -0.15) is 0 Å². The molecule has 92 valence electrons. The molecule has 3 rings (SSSR count). The highest BCUT2D eigenvalue weighted by Crippen LogP contribution is 2.22. The summed E-state index contributed by atoms with van der Waals surface area (Å²) < 4.78 is 0. The Bertz CT molecular complexity index is 555. The largest absolute Gasteiger partial charge is 0.351 e. The number of nitrogen functional groups attached to an aromatic ring is 1. The Morgan fingerprint density at radius 1 is 1.17 bits per heavy atom. The van der Waals surface area contributed by atoms with E-state index in [1.807, 2.05) is 0 Å². The SMILES string of the molecule is NNc1cncc(N2CCc3ccccc3C2)n1. The van der Waals surface area contributed by atoms with E-state index >= 15 is 0 Å². The Labute approximate surface area is 106 Å². The molecule has 18 heavy (non-hydrogen) atoms. The quantitative estimate of drug-likeness (QED) is 0.613. The first kappa shape index (κ1) is 11.0. The van der Waals surface area contributed by atoms with Crippen molar-refractivity contribution in [3.05, 3.63) is 47.8 Å². The van der Waals surface area contributed by atoms with Crippen LogP contribution >= 0.6 is 0 Å². The van der Waals surface area contributed by atoms with E-state index in [0.29, 0.717) is 5.82 Å². The van der Waals surface area contributed by atoms with Gasteiger partial charge in [-0.15, -0.1) is 0 Å². The molecule has 1 aliphatic rings. The molecule has 0 spiro atoms. The molecular weight excluding hydrogens is 226 g/mol. The highest BCUT2D eigenvalue weighted by atomic mass is 15.3. The number of rotatable bonds is 2. The maximum Gasteiger partial charge on any atom is 0.160 e. The van der Waals surface area contributed by atoms with Gasteiger partial charge in [0, 0.05) is 13.1 Å². The molecule has 0 fully saturated rings. The Kier molecular flexibility index (Phi) is 2.82. The van der Waals surface area contributed by atoms with Crippen molar-refractivity contribution in [2.75, 3.05) is 16.9 Å². The summed E-state index contributed by atoms with van der Waals surface area (Å²) in [6.45, 7) is 1.83. The zero-order valence-electron chi connectivity index (χ0n) is 10.0. The van der Waals surface area contributed by atoms with Crippen LogP contribution in [0.25, 0.3) is 0 Å². The van der Waals surface area contributed by atoms with E-state index in [2.05, 4.69) is 44.6 Å². The standard InChI is InChI=1S/C13H15N5/c14-17-12-7-15-8-13(16-12)18-6-5-10-3-1-2-4-11(10)9-18/h1-4,7-8H,5-6,9,14H2,(H,16,17). The fourth-order valence-corrected chi connectivity index (χ4v) is 2.27. The zero-order valence-corrected chi connectivity index (χ0v) is 10.0. The molecule has 0 bridgehead atoms. The third-order valence-corrected chi connectivity index (χ3v) is 3.22. The van der Waals surface area contributed by atoms with Crippen LogP contribution in [-0.2, 0) is 13.0 Å². The van der Waals surface area contributed by atoms with E-state index in [1.165, 1.54) is 11.1 Å². The van der Waals surface area contributed by atoms with E-state index in [0.717, 1.165) is 25.3 Å². The number of nitrogens with two attached hydrogens (primary N) is 1. The molecule has 3 N–H and O–H groups in total. The van der Waals surface area contributed by atoms with Gasteiger partial charge in [-0.3, -0.25) is 4.98 Å². The van der Waals surface area contributed by atoms with Crippen molar-refractivity contribution >= 4 is 11.6 Å². The molecule has 0 amide bonds. The van der Waals surface area contributed by atoms with E-state index in [1.54, 1.807) is 12.4 Å². The lowest BCUT2D eigenvalue weighted by molar-refractivity contribution is 0.719. The summed E-state index contributed by atoms with van der Waals surface area (Å²) in [6.07, 6.45) is 4.42. The highest BCUT2D eigenvalue weighted by Gasteiger charge is 2.17. The maximum atomic E-state index is 5.35. The first-order chi connectivity index (χ1) is 8.86. The first-order valence-electron chi connectivity index (χ1n) is 5.97. The third-order valence-electron chi connectivity index (χ3n) is 3.22. The van der Waals surface area contributed by atoms with Gasteiger partial charge in [0.05, 0.1) is 12.4 Å². The number of anilines is 2. The molecule has 0 saturated carbocycles. The van der Waals surface area contributed by atoms with Gasteiger partial charge in [-0.1, -0.05) is 24.3 Å². The molecule has 1 aliphatic heterocycles. The summed E-state index contributed by atoms with van der Waals surface area (Å²) in [4.78, 5) is 10.8. The fourth-order valence-electron chi connectivity index (χ4n) is 2.27. The van der Waals surface area contributed by atoms with Crippen LogP contribution in [0, 0.1) is 0 Å². The molecule has 0 atom stereocenters. The Balaban J connectivity index is 1.87. The smallest absolute Gasteiger partial charge is 0.160 e. The molecule has 0 unspecified atom stereocenters. The fraction of sp³-hybridized carbons (Fsp3) is 0.231. The molecule has 0 radical (unpaired) electrons. The average Bonchev–Trinajstić information content (AvgIpc) is 2.47. The van der Waals surface area contributed by atoms with Gasteiger partial charge in [0.1, 0.15) is 5.82 Å². The normalized spacial score (nSPS) is 14.2. The molecule has 5 nitrogen and oxygen atoms in total. The van der Waals surface area contributed by atoms with E-state index < -0.39 is 0 Å². The highest BCUT2D eigenvalue weighted by molar-refractivity contribution is 5.46. The molecule has 2 aromatic rings. The Morgan fingerprint density at radius 3 is 2.83 bits per heavy atom. The number of aromatic nitrogens is 2. The molecule has 2 heterocycles. The lowest BCUT2D eigenvalue weighted by Gasteiger charge is -2.29. The first-order valence-corrected chi connectivity index (χ1v) is 5.97.